The predicted molar refractivity (Wildman–Crippen MR) is 76.7 cm³/mol. The first-order valence-corrected chi connectivity index (χ1v) is 6.75. The highest BCUT2D eigenvalue weighted by molar-refractivity contribution is 5.85. The largest absolute Gasteiger partial charge is 0.391 e. The molecule has 2 unspecified atom stereocenters. The Kier molecular flexibility index (Phi) is 5.99. The Morgan fingerprint density at radius 3 is 2.63 bits per heavy atom. The topological polar surface area (TPSA) is 75.4 Å². The van der Waals surface area contributed by atoms with Gasteiger partial charge in [-0.1, -0.05) is 43.7 Å². The molecular formula is C15H24N2O2. The standard InChI is InChI=1S/C15H24N2O2/c1-3-9-15(2,16)14(19)17-11-13(18)10-12-7-5-4-6-8-12/h4-8,13,18H,3,9-11,16H2,1-2H3,(H,17,19). The van der Waals surface area contributed by atoms with Gasteiger partial charge in [0.1, 0.15) is 0 Å². The van der Waals surface area contributed by atoms with Crippen molar-refractivity contribution in [2.75, 3.05) is 6.54 Å². The average Bonchev–Trinajstić information content (AvgIpc) is 2.37. The second-order valence-electron chi connectivity index (χ2n) is 5.22. The van der Waals surface area contributed by atoms with E-state index >= 15 is 0 Å². The summed E-state index contributed by atoms with van der Waals surface area (Å²) in [4.78, 5) is 11.9. The summed E-state index contributed by atoms with van der Waals surface area (Å²) in [6.07, 6.45) is 1.42. The number of hydrogen-bond acceptors (Lipinski definition) is 3. The van der Waals surface area contributed by atoms with Crippen molar-refractivity contribution in [3.05, 3.63) is 35.9 Å². The molecule has 0 saturated heterocycles. The number of carbonyl (C=O) groups excluding carboxylic acids is 1. The lowest BCUT2D eigenvalue weighted by Gasteiger charge is -2.23. The van der Waals surface area contributed by atoms with Crippen LogP contribution in [0.3, 0.4) is 0 Å². The fourth-order valence-electron chi connectivity index (χ4n) is 2.00. The summed E-state index contributed by atoms with van der Waals surface area (Å²) in [5, 5.41) is 12.6. The van der Waals surface area contributed by atoms with E-state index < -0.39 is 11.6 Å². The van der Waals surface area contributed by atoms with Gasteiger partial charge >= 0.3 is 0 Å². The molecule has 0 aliphatic carbocycles. The molecule has 0 aliphatic heterocycles. The first kappa shape index (κ1) is 15.7. The van der Waals surface area contributed by atoms with E-state index in [1.165, 1.54) is 0 Å². The van der Waals surface area contributed by atoms with Crippen molar-refractivity contribution < 1.29 is 9.90 Å². The van der Waals surface area contributed by atoms with Gasteiger partial charge in [-0.25, -0.2) is 0 Å². The van der Waals surface area contributed by atoms with Gasteiger partial charge in [-0.3, -0.25) is 4.79 Å². The molecule has 1 aromatic carbocycles. The van der Waals surface area contributed by atoms with Crippen LogP contribution in [0, 0.1) is 0 Å². The second kappa shape index (κ2) is 7.26. The van der Waals surface area contributed by atoms with Crippen molar-refractivity contribution in [1.29, 1.82) is 0 Å². The molecule has 1 aromatic rings. The number of amides is 1. The fourth-order valence-corrected chi connectivity index (χ4v) is 2.00. The number of aliphatic hydroxyl groups excluding tert-OH is 1. The average molecular weight is 264 g/mol. The molecule has 4 N–H and O–H groups in total. The van der Waals surface area contributed by atoms with Gasteiger partial charge in [0.05, 0.1) is 11.6 Å². The Morgan fingerprint density at radius 2 is 2.05 bits per heavy atom. The van der Waals surface area contributed by atoms with E-state index in [2.05, 4.69) is 5.32 Å². The first-order valence-electron chi connectivity index (χ1n) is 6.75. The van der Waals surface area contributed by atoms with Crippen molar-refractivity contribution in [3.63, 3.8) is 0 Å². The highest BCUT2D eigenvalue weighted by Crippen LogP contribution is 2.08. The lowest BCUT2D eigenvalue weighted by molar-refractivity contribution is -0.126. The lowest BCUT2D eigenvalue weighted by Crippen LogP contribution is -2.52. The zero-order valence-corrected chi connectivity index (χ0v) is 11.7. The van der Waals surface area contributed by atoms with Crippen LogP contribution in [0.2, 0.25) is 0 Å². The van der Waals surface area contributed by atoms with Gasteiger partial charge < -0.3 is 16.2 Å². The van der Waals surface area contributed by atoms with E-state index in [0.717, 1.165) is 12.0 Å². The van der Waals surface area contributed by atoms with Crippen LogP contribution in [0.25, 0.3) is 0 Å². The first-order chi connectivity index (χ1) is 8.95. The summed E-state index contributed by atoms with van der Waals surface area (Å²) in [5.74, 6) is -0.207. The molecule has 4 heteroatoms. The third-order valence-electron chi connectivity index (χ3n) is 3.10. The maximum atomic E-state index is 11.9. The van der Waals surface area contributed by atoms with E-state index in [0.29, 0.717) is 12.8 Å². The normalized spacial score (nSPS) is 15.6. The number of aliphatic hydroxyl groups is 1. The summed E-state index contributed by atoms with van der Waals surface area (Å²) in [6, 6.07) is 9.70. The summed E-state index contributed by atoms with van der Waals surface area (Å²) in [6.45, 7) is 3.93. The SMILES string of the molecule is CCCC(C)(N)C(=O)NCC(O)Cc1ccccc1. The van der Waals surface area contributed by atoms with Gasteiger partial charge in [-0.05, 0) is 18.9 Å². The zero-order chi connectivity index (χ0) is 14.3. The molecule has 1 amide bonds. The van der Waals surface area contributed by atoms with Gasteiger partial charge in [0.25, 0.3) is 0 Å². The van der Waals surface area contributed by atoms with Gasteiger partial charge in [0.15, 0.2) is 0 Å². The minimum Gasteiger partial charge on any atom is -0.391 e. The predicted octanol–water partition coefficient (Wildman–Crippen LogP) is 1.22. The highest BCUT2D eigenvalue weighted by Gasteiger charge is 2.27. The van der Waals surface area contributed by atoms with Crippen LogP contribution in [0.4, 0.5) is 0 Å². The van der Waals surface area contributed by atoms with E-state index in [1.54, 1.807) is 6.92 Å². The van der Waals surface area contributed by atoms with Crippen LogP contribution in [0.15, 0.2) is 30.3 Å². The smallest absolute Gasteiger partial charge is 0.239 e. The quantitative estimate of drug-likeness (QED) is 0.693. The Hall–Kier alpha value is -1.39. The van der Waals surface area contributed by atoms with Gasteiger partial charge in [-0.15, -0.1) is 0 Å². The molecule has 106 valence electrons. The number of rotatable bonds is 7. The summed E-state index contributed by atoms with van der Waals surface area (Å²) in [7, 11) is 0. The monoisotopic (exact) mass is 264 g/mol. The van der Waals surface area contributed by atoms with Gasteiger partial charge in [0.2, 0.25) is 5.91 Å². The molecule has 0 fully saturated rings. The third kappa shape index (κ3) is 5.41. The molecule has 0 bridgehead atoms. The van der Waals surface area contributed by atoms with Crippen LogP contribution in [0.5, 0.6) is 0 Å². The molecule has 19 heavy (non-hydrogen) atoms. The maximum Gasteiger partial charge on any atom is 0.239 e. The van der Waals surface area contributed by atoms with Crippen molar-refractivity contribution in [1.82, 2.24) is 5.32 Å². The fraction of sp³-hybridized carbons (Fsp3) is 0.533. The lowest BCUT2D eigenvalue weighted by atomic mass is 9.96. The maximum absolute atomic E-state index is 11.9. The third-order valence-corrected chi connectivity index (χ3v) is 3.10. The molecule has 0 saturated carbocycles. The van der Waals surface area contributed by atoms with E-state index in [1.807, 2.05) is 37.3 Å². The summed E-state index contributed by atoms with van der Waals surface area (Å²) >= 11 is 0. The molecule has 0 spiro atoms. The summed E-state index contributed by atoms with van der Waals surface area (Å²) in [5.41, 5.74) is 6.11. The highest BCUT2D eigenvalue weighted by atomic mass is 16.3. The number of nitrogens with two attached hydrogens (primary N) is 1. The van der Waals surface area contributed by atoms with Crippen LogP contribution < -0.4 is 11.1 Å². The number of carbonyl (C=O) groups is 1. The van der Waals surface area contributed by atoms with Crippen molar-refractivity contribution in [2.45, 2.75) is 44.8 Å². The van der Waals surface area contributed by atoms with Crippen molar-refractivity contribution in [2.24, 2.45) is 5.73 Å². The Bertz CT molecular complexity index is 390. The molecule has 4 nitrogen and oxygen atoms in total. The number of hydrogen-bond donors (Lipinski definition) is 3. The minimum absolute atomic E-state index is 0.207. The van der Waals surface area contributed by atoms with Gasteiger partial charge in [-0.2, -0.15) is 0 Å². The van der Waals surface area contributed by atoms with Gasteiger partial charge in [0, 0.05) is 13.0 Å². The zero-order valence-electron chi connectivity index (χ0n) is 11.7. The van der Waals surface area contributed by atoms with E-state index in [-0.39, 0.29) is 12.5 Å². The number of nitrogens with one attached hydrogen (secondary N) is 1. The van der Waals surface area contributed by atoms with Crippen molar-refractivity contribution in [3.8, 4) is 0 Å². The molecule has 0 aliphatic rings. The molecule has 0 aromatic heterocycles. The van der Waals surface area contributed by atoms with Crippen LogP contribution in [0.1, 0.15) is 32.3 Å². The van der Waals surface area contributed by atoms with Crippen molar-refractivity contribution >= 4 is 5.91 Å². The Labute approximate surface area is 115 Å². The Balaban J connectivity index is 2.38. The van der Waals surface area contributed by atoms with Crippen LogP contribution in [-0.4, -0.2) is 29.2 Å². The molecular weight excluding hydrogens is 240 g/mol. The van der Waals surface area contributed by atoms with E-state index in [4.69, 9.17) is 5.73 Å². The molecule has 0 heterocycles. The molecule has 2 atom stereocenters. The van der Waals surface area contributed by atoms with E-state index in [9.17, 15) is 9.90 Å². The minimum atomic E-state index is -0.860. The summed E-state index contributed by atoms with van der Waals surface area (Å²) < 4.78 is 0. The molecule has 1 rings (SSSR count). The Morgan fingerprint density at radius 1 is 1.42 bits per heavy atom. The molecule has 0 radical (unpaired) electrons. The van der Waals surface area contributed by atoms with Crippen LogP contribution >= 0.6 is 0 Å². The second-order valence-corrected chi connectivity index (χ2v) is 5.22. The number of benzene rings is 1. The van der Waals surface area contributed by atoms with Crippen LogP contribution in [-0.2, 0) is 11.2 Å².